The Morgan fingerprint density at radius 2 is 2.00 bits per heavy atom. The van der Waals surface area contributed by atoms with Gasteiger partial charge in [0.15, 0.2) is 0 Å². The molecular weight excluding hydrogens is 266 g/mol. The van der Waals surface area contributed by atoms with Crippen LogP contribution in [0.25, 0.3) is 0 Å². The number of benzene rings is 1. The van der Waals surface area contributed by atoms with E-state index in [1.165, 1.54) is 36.5 Å². The summed E-state index contributed by atoms with van der Waals surface area (Å²) in [6.07, 6.45) is 4.37. The molecule has 20 heavy (non-hydrogen) atoms. The highest BCUT2D eigenvalue weighted by Gasteiger charge is 2.19. The second-order valence-corrected chi connectivity index (χ2v) is 6.32. The van der Waals surface area contributed by atoms with Crippen LogP contribution in [0.1, 0.15) is 23.4 Å². The number of likely N-dealkylation sites (tertiary alicyclic amines) is 1. The summed E-state index contributed by atoms with van der Waals surface area (Å²) in [4.78, 5) is 6.88. The fraction of sp³-hybridized carbons (Fsp3) is 0.438. The predicted octanol–water partition coefficient (Wildman–Crippen LogP) is 2.90. The molecule has 1 aromatic heterocycles. The molecule has 0 spiro atoms. The van der Waals surface area contributed by atoms with E-state index in [0.29, 0.717) is 6.04 Å². The van der Waals surface area contributed by atoms with E-state index in [0.717, 1.165) is 13.1 Å². The van der Waals surface area contributed by atoms with Crippen molar-refractivity contribution < 1.29 is 0 Å². The Morgan fingerprint density at radius 3 is 2.70 bits per heavy atom. The van der Waals surface area contributed by atoms with Crippen LogP contribution in [0.3, 0.4) is 0 Å². The number of nitrogens with one attached hydrogen (secondary N) is 1. The van der Waals surface area contributed by atoms with Crippen LogP contribution in [0, 0.1) is 0 Å². The van der Waals surface area contributed by atoms with Crippen LogP contribution in [0.5, 0.6) is 0 Å². The number of nitrogens with zero attached hydrogens (tertiary/aromatic N) is 2. The number of piperidine rings is 1. The van der Waals surface area contributed by atoms with Gasteiger partial charge in [-0.05, 0) is 18.4 Å². The SMILES string of the molecule is c1ccc(CNC2CCN(Cc3nccs3)CC2)cc1. The van der Waals surface area contributed by atoms with E-state index < -0.39 is 0 Å². The van der Waals surface area contributed by atoms with Crippen LogP contribution in [0.2, 0.25) is 0 Å². The third-order valence-corrected chi connectivity index (χ3v) is 4.63. The van der Waals surface area contributed by atoms with Gasteiger partial charge in [0.1, 0.15) is 5.01 Å². The van der Waals surface area contributed by atoms with E-state index in [-0.39, 0.29) is 0 Å². The zero-order valence-corrected chi connectivity index (χ0v) is 12.5. The molecule has 1 aliphatic rings. The molecule has 1 aliphatic heterocycles. The second kappa shape index (κ2) is 6.97. The lowest BCUT2D eigenvalue weighted by Crippen LogP contribution is -2.41. The van der Waals surface area contributed by atoms with Gasteiger partial charge in [0.25, 0.3) is 0 Å². The summed E-state index contributed by atoms with van der Waals surface area (Å²) >= 11 is 1.76. The van der Waals surface area contributed by atoms with E-state index in [1.54, 1.807) is 11.3 Å². The van der Waals surface area contributed by atoms with Crippen molar-refractivity contribution in [1.82, 2.24) is 15.2 Å². The maximum absolute atomic E-state index is 4.37. The van der Waals surface area contributed by atoms with Gasteiger partial charge in [-0.15, -0.1) is 11.3 Å². The third kappa shape index (κ3) is 3.88. The summed E-state index contributed by atoms with van der Waals surface area (Å²) in [5.41, 5.74) is 1.37. The lowest BCUT2D eigenvalue weighted by Gasteiger charge is -2.31. The van der Waals surface area contributed by atoms with Crippen LogP contribution >= 0.6 is 11.3 Å². The molecule has 0 radical (unpaired) electrons. The molecule has 2 aromatic rings. The topological polar surface area (TPSA) is 28.2 Å². The average Bonchev–Trinajstić information content (AvgIpc) is 3.01. The Balaban J connectivity index is 1.40. The molecule has 1 fully saturated rings. The molecule has 0 atom stereocenters. The Kier molecular flexibility index (Phi) is 4.79. The number of aromatic nitrogens is 1. The fourth-order valence-electron chi connectivity index (χ4n) is 2.68. The van der Waals surface area contributed by atoms with Crippen LogP contribution in [0.4, 0.5) is 0 Å². The largest absolute Gasteiger partial charge is 0.310 e. The Hall–Kier alpha value is -1.23. The van der Waals surface area contributed by atoms with Gasteiger partial charge in [-0.2, -0.15) is 0 Å². The standard InChI is InChI=1S/C16H21N3S/c1-2-4-14(5-3-1)12-18-15-6-9-19(10-7-15)13-16-17-8-11-20-16/h1-5,8,11,15,18H,6-7,9-10,12-13H2. The van der Waals surface area contributed by atoms with Gasteiger partial charge in [0.2, 0.25) is 0 Å². The minimum atomic E-state index is 0.655. The third-order valence-electron chi connectivity index (χ3n) is 3.87. The van der Waals surface area contributed by atoms with Crippen LogP contribution in [0.15, 0.2) is 41.9 Å². The minimum Gasteiger partial charge on any atom is -0.310 e. The number of hydrogen-bond acceptors (Lipinski definition) is 4. The lowest BCUT2D eigenvalue weighted by molar-refractivity contribution is 0.190. The average molecular weight is 287 g/mol. The molecule has 2 heterocycles. The fourth-order valence-corrected chi connectivity index (χ4v) is 3.33. The molecule has 1 N–H and O–H groups in total. The maximum atomic E-state index is 4.37. The minimum absolute atomic E-state index is 0.655. The number of hydrogen-bond donors (Lipinski definition) is 1. The quantitative estimate of drug-likeness (QED) is 0.916. The van der Waals surface area contributed by atoms with Gasteiger partial charge >= 0.3 is 0 Å². The van der Waals surface area contributed by atoms with Gasteiger partial charge in [-0.3, -0.25) is 4.90 Å². The molecule has 0 unspecified atom stereocenters. The molecule has 0 amide bonds. The van der Waals surface area contributed by atoms with Crippen LogP contribution in [-0.4, -0.2) is 29.0 Å². The highest BCUT2D eigenvalue weighted by Crippen LogP contribution is 2.15. The van der Waals surface area contributed by atoms with Crippen molar-refractivity contribution in [2.75, 3.05) is 13.1 Å². The molecule has 106 valence electrons. The van der Waals surface area contributed by atoms with E-state index in [9.17, 15) is 0 Å². The van der Waals surface area contributed by atoms with Gasteiger partial charge in [0.05, 0.1) is 6.54 Å². The van der Waals surface area contributed by atoms with Gasteiger partial charge < -0.3 is 5.32 Å². The normalized spacial score (nSPS) is 17.4. The highest BCUT2D eigenvalue weighted by molar-refractivity contribution is 7.09. The molecule has 0 bridgehead atoms. The van der Waals surface area contributed by atoms with E-state index in [4.69, 9.17) is 0 Å². The lowest BCUT2D eigenvalue weighted by atomic mass is 10.0. The van der Waals surface area contributed by atoms with Crippen molar-refractivity contribution in [2.24, 2.45) is 0 Å². The van der Waals surface area contributed by atoms with Gasteiger partial charge in [-0.25, -0.2) is 4.98 Å². The zero-order chi connectivity index (χ0) is 13.6. The number of thiazole rings is 1. The van der Waals surface area contributed by atoms with Gasteiger partial charge in [-0.1, -0.05) is 30.3 Å². The first-order valence-corrected chi connectivity index (χ1v) is 8.16. The van der Waals surface area contributed by atoms with Crippen molar-refractivity contribution >= 4 is 11.3 Å². The molecule has 0 saturated carbocycles. The smallest absolute Gasteiger partial charge is 0.107 e. The Bertz CT molecular complexity index is 490. The van der Waals surface area contributed by atoms with E-state index in [1.807, 2.05) is 6.20 Å². The zero-order valence-electron chi connectivity index (χ0n) is 11.7. The molecule has 1 aromatic carbocycles. The van der Waals surface area contributed by atoms with Crippen molar-refractivity contribution in [3.05, 3.63) is 52.5 Å². The molecule has 3 rings (SSSR count). The van der Waals surface area contributed by atoms with Crippen LogP contribution < -0.4 is 5.32 Å². The Morgan fingerprint density at radius 1 is 1.20 bits per heavy atom. The van der Waals surface area contributed by atoms with Gasteiger partial charge in [0, 0.05) is 37.3 Å². The summed E-state index contributed by atoms with van der Waals surface area (Å²) in [6, 6.07) is 11.3. The highest BCUT2D eigenvalue weighted by atomic mass is 32.1. The monoisotopic (exact) mass is 287 g/mol. The van der Waals surface area contributed by atoms with Crippen molar-refractivity contribution in [3.8, 4) is 0 Å². The number of rotatable bonds is 5. The maximum Gasteiger partial charge on any atom is 0.107 e. The molecular formula is C16H21N3S. The molecule has 4 heteroatoms. The van der Waals surface area contributed by atoms with Crippen molar-refractivity contribution in [1.29, 1.82) is 0 Å². The molecule has 0 aliphatic carbocycles. The second-order valence-electron chi connectivity index (χ2n) is 5.34. The molecule has 1 saturated heterocycles. The van der Waals surface area contributed by atoms with Crippen molar-refractivity contribution in [3.63, 3.8) is 0 Å². The van der Waals surface area contributed by atoms with Crippen LogP contribution in [-0.2, 0) is 13.1 Å². The summed E-state index contributed by atoms with van der Waals surface area (Å²) in [5, 5.41) is 6.97. The predicted molar refractivity (Wildman–Crippen MR) is 83.7 cm³/mol. The summed E-state index contributed by atoms with van der Waals surface area (Å²) in [6.45, 7) is 4.35. The molecule has 3 nitrogen and oxygen atoms in total. The first-order valence-electron chi connectivity index (χ1n) is 7.28. The summed E-state index contributed by atoms with van der Waals surface area (Å²) in [7, 11) is 0. The van der Waals surface area contributed by atoms with E-state index >= 15 is 0 Å². The summed E-state index contributed by atoms with van der Waals surface area (Å²) in [5.74, 6) is 0. The first kappa shape index (κ1) is 13.7. The van der Waals surface area contributed by atoms with Crippen molar-refractivity contribution in [2.45, 2.75) is 32.0 Å². The summed E-state index contributed by atoms with van der Waals surface area (Å²) < 4.78 is 0. The first-order chi connectivity index (χ1) is 9.90. The van der Waals surface area contributed by atoms with E-state index in [2.05, 4.69) is 50.9 Å². The Labute approximate surface area is 124 Å².